The van der Waals surface area contributed by atoms with Crippen molar-refractivity contribution in [1.82, 2.24) is 0 Å². The first kappa shape index (κ1) is 18.8. The van der Waals surface area contributed by atoms with Crippen molar-refractivity contribution in [2.75, 3.05) is 5.32 Å². The fraction of sp³-hybridized carbons (Fsp3) is 0.278. The molecule has 0 unspecified atom stereocenters. The largest absolute Gasteiger partial charge is 0.325 e. The number of hydrogen-bond acceptors (Lipinski definition) is 3. The van der Waals surface area contributed by atoms with E-state index in [2.05, 4.69) is 5.32 Å². The number of hydrogen-bond donors (Lipinski definition) is 1. The van der Waals surface area contributed by atoms with Crippen LogP contribution >= 0.6 is 11.6 Å². The molecule has 0 saturated heterocycles. The van der Waals surface area contributed by atoms with Gasteiger partial charge in [0.05, 0.1) is 4.90 Å². The monoisotopic (exact) mass is 399 g/mol. The summed E-state index contributed by atoms with van der Waals surface area (Å²) in [6.45, 7) is 0. The molecule has 2 aromatic carbocycles. The molecule has 0 aliphatic heterocycles. The van der Waals surface area contributed by atoms with Crippen LogP contribution in [0.25, 0.3) is 0 Å². The van der Waals surface area contributed by atoms with Crippen LogP contribution in [0, 0.1) is 11.6 Å². The Hall–Kier alpha value is -1.99. The molecule has 0 radical (unpaired) electrons. The van der Waals surface area contributed by atoms with E-state index in [0.29, 0.717) is 17.9 Å². The summed E-state index contributed by atoms with van der Waals surface area (Å²) < 4.78 is 51.2. The Bertz CT molecular complexity index is 939. The predicted octanol–water partition coefficient (Wildman–Crippen LogP) is 4.34. The molecule has 0 aromatic heterocycles. The van der Waals surface area contributed by atoms with Crippen molar-refractivity contribution in [2.24, 2.45) is 0 Å². The van der Waals surface area contributed by atoms with Gasteiger partial charge in [0.2, 0.25) is 5.91 Å². The molecular formula is C18H16ClF2NO3S. The van der Waals surface area contributed by atoms with Crippen molar-refractivity contribution in [3.63, 3.8) is 0 Å². The normalized spacial score (nSPS) is 16.4. The SMILES string of the molecule is O=C(Nc1ccc(F)c(F)c1)C1(S(=O)(=O)c2ccc(Cl)cc2)CCCC1. The second-order valence-electron chi connectivity index (χ2n) is 6.24. The van der Waals surface area contributed by atoms with E-state index in [4.69, 9.17) is 11.6 Å². The smallest absolute Gasteiger partial charge is 0.246 e. The summed E-state index contributed by atoms with van der Waals surface area (Å²) in [5, 5.41) is 2.81. The predicted molar refractivity (Wildman–Crippen MR) is 94.8 cm³/mol. The Balaban J connectivity index is 1.97. The van der Waals surface area contributed by atoms with E-state index in [9.17, 15) is 22.0 Å². The molecule has 1 fully saturated rings. The zero-order chi connectivity index (χ0) is 18.9. The topological polar surface area (TPSA) is 63.2 Å². The number of carbonyl (C=O) groups is 1. The molecule has 0 atom stereocenters. The van der Waals surface area contributed by atoms with E-state index in [1.165, 1.54) is 30.3 Å². The Kier molecular flexibility index (Phi) is 5.03. The van der Waals surface area contributed by atoms with Crippen molar-refractivity contribution in [2.45, 2.75) is 35.3 Å². The van der Waals surface area contributed by atoms with Gasteiger partial charge in [-0.05, 0) is 49.2 Å². The third-order valence-electron chi connectivity index (χ3n) is 4.64. The minimum absolute atomic E-state index is 0.00392. The van der Waals surface area contributed by atoms with Gasteiger partial charge < -0.3 is 5.32 Å². The number of amides is 1. The highest BCUT2D eigenvalue weighted by Crippen LogP contribution is 2.41. The maximum Gasteiger partial charge on any atom is 0.246 e. The third-order valence-corrected chi connectivity index (χ3v) is 7.41. The molecule has 1 saturated carbocycles. The van der Waals surface area contributed by atoms with Crippen LogP contribution < -0.4 is 5.32 Å². The van der Waals surface area contributed by atoms with Crippen LogP contribution in [0.4, 0.5) is 14.5 Å². The van der Waals surface area contributed by atoms with Crippen molar-refractivity contribution in [1.29, 1.82) is 0 Å². The second-order valence-corrected chi connectivity index (χ2v) is 8.94. The summed E-state index contributed by atoms with van der Waals surface area (Å²) in [7, 11) is -3.99. The zero-order valence-electron chi connectivity index (χ0n) is 13.6. The first-order chi connectivity index (χ1) is 12.3. The van der Waals surface area contributed by atoms with Crippen molar-refractivity contribution < 1.29 is 22.0 Å². The molecule has 4 nitrogen and oxygen atoms in total. The molecule has 26 heavy (non-hydrogen) atoms. The summed E-state index contributed by atoms with van der Waals surface area (Å²) in [6.07, 6.45) is 1.48. The number of halogens is 3. The molecule has 3 rings (SSSR count). The lowest BCUT2D eigenvalue weighted by Crippen LogP contribution is -2.47. The van der Waals surface area contributed by atoms with Gasteiger partial charge in [-0.3, -0.25) is 4.79 Å². The average molecular weight is 400 g/mol. The van der Waals surface area contributed by atoms with Crippen molar-refractivity contribution in [3.8, 4) is 0 Å². The lowest BCUT2D eigenvalue weighted by Gasteiger charge is -2.27. The van der Waals surface area contributed by atoms with Crippen molar-refractivity contribution in [3.05, 3.63) is 59.1 Å². The highest BCUT2D eigenvalue weighted by atomic mass is 35.5. The van der Waals surface area contributed by atoms with E-state index in [-0.39, 0.29) is 23.4 Å². The van der Waals surface area contributed by atoms with E-state index in [0.717, 1.165) is 12.1 Å². The highest BCUT2D eigenvalue weighted by Gasteiger charge is 2.52. The van der Waals surface area contributed by atoms with Crippen molar-refractivity contribution >= 4 is 33.0 Å². The fourth-order valence-corrected chi connectivity index (χ4v) is 5.41. The molecule has 1 N–H and O–H groups in total. The van der Waals surface area contributed by atoms with Gasteiger partial charge in [-0.25, -0.2) is 17.2 Å². The summed E-state index contributed by atoms with van der Waals surface area (Å²) >= 11 is 5.81. The summed E-state index contributed by atoms with van der Waals surface area (Å²) in [5.74, 6) is -2.91. The minimum atomic E-state index is -3.99. The zero-order valence-corrected chi connectivity index (χ0v) is 15.2. The first-order valence-corrected chi connectivity index (χ1v) is 9.89. The highest BCUT2D eigenvalue weighted by molar-refractivity contribution is 7.93. The van der Waals surface area contributed by atoms with E-state index in [1.807, 2.05) is 0 Å². The standard InChI is InChI=1S/C18H16ClF2NO3S/c19-12-3-6-14(7-4-12)26(24,25)18(9-1-2-10-18)17(23)22-13-5-8-15(20)16(21)11-13/h3-8,11H,1-2,9-10H2,(H,22,23). The van der Waals surface area contributed by atoms with Crippen LogP contribution in [0.2, 0.25) is 5.02 Å². The van der Waals surface area contributed by atoms with Gasteiger partial charge in [-0.15, -0.1) is 0 Å². The molecule has 8 heteroatoms. The fourth-order valence-electron chi connectivity index (χ4n) is 3.22. The van der Waals surface area contributed by atoms with E-state index in [1.54, 1.807) is 0 Å². The number of nitrogens with one attached hydrogen (secondary N) is 1. The van der Waals surface area contributed by atoms with E-state index >= 15 is 0 Å². The second kappa shape index (κ2) is 6.96. The Morgan fingerprint density at radius 3 is 2.19 bits per heavy atom. The molecule has 1 aliphatic rings. The molecule has 138 valence electrons. The quantitative estimate of drug-likeness (QED) is 0.831. The maximum atomic E-state index is 13.4. The van der Waals surface area contributed by atoms with Crippen LogP contribution in [-0.2, 0) is 14.6 Å². The first-order valence-electron chi connectivity index (χ1n) is 8.03. The van der Waals surface area contributed by atoms with E-state index < -0.39 is 32.1 Å². The van der Waals surface area contributed by atoms with Crippen LogP contribution in [0.15, 0.2) is 47.4 Å². The molecule has 0 bridgehead atoms. The van der Waals surface area contributed by atoms with Crippen LogP contribution in [-0.4, -0.2) is 19.1 Å². The third kappa shape index (κ3) is 3.21. The van der Waals surface area contributed by atoms with Gasteiger partial charge in [0, 0.05) is 16.8 Å². The molecular weight excluding hydrogens is 384 g/mol. The van der Waals surface area contributed by atoms with Crippen LogP contribution in [0.5, 0.6) is 0 Å². The lowest BCUT2D eigenvalue weighted by molar-refractivity contribution is -0.118. The van der Waals surface area contributed by atoms with Gasteiger partial charge in [-0.2, -0.15) is 0 Å². The molecule has 2 aromatic rings. The number of anilines is 1. The minimum Gasteiger partial charge on any atom is -0.325 e. The summed E-state index contributed by atoms with van der Waals surface area (Å²) in [4.78, 5) is 12.9. The molecule has 0 heterocycles. The van der Waals surface area contributed by atoms with Gasteiger partial charge in [0.1, 0.15) is 0 Å². The molecule has 0 spiro atoms. The van der Waals surface area contributed by atoms with Gasteiger partial charge in [0.15, 0.2) is 26.2 Å². The van der Waals surface area contributed by atoms with Gasteiger partial charge in [-0.1, -0.05) is 24.4 Å². The lowest BCUT2D eigenvalue weighted by atomic mass is 10.1. The average Bonchev–Trinajstić information content (AvgIpc) is 3.10. The number of sulfone groups is 1. The molecule has 1 aliphatic carbocycles. The number of benzene rings is 2. The summed E-state index contributed by atoms with van der Waals surface area (Å²) in [5.41, 5.74) is 0.00600. The van der Waals surface area contributed by atoms with Crippen LogP contribution in [0.1, 0.15) is 25.7 Å². The van der Waals surface area contributed by atoms with Gasteiger partial charge >= 0.3 is 0 Å². The summed E-state index contributed by atoms with van der Waals surface area (Å²) in [6, 6.07) is 8.51. The van der Waals surface area contributed by atoms with Crippen LogP contribution in [0.3, 0.4) is 0 Å². The Morgan fingerprint density at radius 2 is 1.62 bits per heavy atom. The number of carbonyl (C=O) groups excluding carboxylic acids is 1. The molecule has 1 amide bonds. The Morgan fingerprint density at radius 1 is 1.00 bits per heavy atom. The number of rotatable bonds is 4. The van der Waals surface area contributed by atoms with Gasteiger partial charge in [0.25, 0.3) is 0 Å². The Labute approximate surface area is 155 Å². The maximum absolute atomic E-state index is 13.4.